The fraction of sp³-hybridized carbons (Fsp3) is 0.0714. The van der Waals surface area contributed by atoms with Crippen LogP contribution >= 0.6 is 45.8 Å². The van der Waals surface area contributed by atoms with E-state index in [-0.39, 0.29) is 5.91 Å². The minimum atomic E-state index is -0.249. The van der Waals surface area contributed by atoms with E-state index in [0.717, 1.165) is 9.26 Å². The number of carbonyl (C=O) groups excluding carboxylic acids is 1. The van der Waals surface area contributed by atoms with Gasteiger partial charge in [0.2, 0.25) is 0 Å². The topological polar surface area (TPSA) is 29.1 Å². The molecule has 2 nitrogen and oxygen atoms in total. The maximum absolute atomic E-state index is 12.1. The van der Waals surface area contributed by atoms with Crippen molar-refractivity contribution in [2.24, 2.45) is 0 Å². The molecule has 1 N–H and O–H groups in total. The van der Waals surface area contributed by atoms with Gasteiger partial charge in [-0.05, 0) is 65.4 Å². The number of anilines is 1. The molecule has 0 saturated heterocycles. The van der Waals surface area contributed by atoms with Crippen LogP contribution in [0, 0.1) is 10.5 Å². The van der Waals surface area contributed by atoms with Gasteiger partial charge >= 0.3 is 0 Å². The molecule has 2 aromatic carbocycles. The number of benzene rings is 2. The van der Waals surface area contributed by atoms with Crippen LogP contribution in [0.4, 0.5) is 5.69 Å². The lowest BCUT2D eigenvalue weighted by Gasteiger charge is -2.08. The maximum atomic E-state index is 12.1. The van der Waals surface area contributed by atoms with Gasteiger partial charge in [0, 0.05) is 14.3 Å². The van der Waals surface area contributed by atoms with Gasteiger partial charge in [-0.1, -0.05) is 29.3 Å². The average molecular weight is 406 g/mol. The van der Waals surface area contributed by atoms with Crippen molar-refractivity contribution in [3.8, 4) is 0 Å². The highest BCUT2D eigenvalue weighted by molar-refractivity contribution is 14.1. The van der Waals surface area contributed by atoms with Gasteiger partial charge < -0.3 is 5.32 Å². The number of hydrogen-bond acceptors (Lipinski definition) is 1. The number of aryl methyl sites for hydroxylation is 1. The normalized spacial score (nSPS) is 10.3. The largest absolute Gasteiger partial charge is 0.322 e. The average Bonchev–Trinajstić information content (AvgIpc) is 2.33. The Hall–Kier alpha value is -0.780. The molecule has 0 aliphatic heterocycles. The van der Waals surface area contributed by atoms with Crippen LogP contribution in [0.2, 0.25) is 10.0 Å². The number of nitrogens with one attached hydrogen (secondary N) is 1. The Balaban J connectivity index is 2.23. The van der Waals surface area contributed by atoms with Crippen molar-refractivity contribution in [3.05, 3.63) is 61.1 Å². The number of carbonyl (C=O) groups is 1. The summed E-state index contributed by atoms with van der Waals surface area (Å²) < 4.78 is 1.10. The van der Waals surface area contributed by atoms with Crippen LogP contribution < -0.4 is 5.32 Å². The van der Waals surface area contributed by atoms with Crippen molar-refractivity contribution < 1.29 is 4.79 Å². The van der Waals surface area contributed by atoms with Crippen molar-refractivity contribution in [1.29, 1.82) is 0 Å². The first-order chi connectivity index (χ1) is 8.97. The van der Waals surface area contributed by atoms with Crippen LogP contribution in [0.3, 0.4) is 0 Å². The molecule has 0 aromatic heterocycles. The fourth-order valence-corrected chi connectivity index (χ4v) is 2.55. The van der Waals surface area contributed by atoms with Crippen LogP contribution in [-0.4, -0.2) is 5.91 Å². The SMILES string of the molecule is Cc1ccc(NC(=O)c2ccc(Cl)cc2Cl)cc1I. The Morgan fingerprint density at radius 3 is 2.53 bits per heavy atom. The van der Waals surface area contributed by atoms with Crippen LogP contribution in [0.1, 0.15) is 15.9 Å². The summed E-state index contributed by atoms with van der Waals surface area (Å²) in [4.78, 5) is 12.1. The van der Waals surface area contributed by atoms with Crippen molar-refractivity contribution in [3.63, 3.8) is 0 Å². The molecule has 0 atom stereocenters. The van der Waals surface area contributed by atoms with Crippen LogP contribution in [-0.2, 0) is 0 Å². The van der Waals surface area contributed by atoms with E-state index >= 15 is 0 Å². The molecule has 1 amide bonds. The van der Waals surface area contributed by atoms with Gasteiger partial charge in [-0.2, -0.15) is 0 Å². The van der Waals surface area contributed by atoms with Gasteiger partial charge in [-0.25, -0.2) is 0 Å². The Labute approximate surface area is 135 Å². The summed E-state index contributed by atoms with van der Waals surface area (Å²) in [5, 5.41) is 3.66. The predicted molar refractivity (Wildman–Crippen MR) is 88.3 cm³/mol. The van der Waals surface area contributed by atoms with Crippen molar-refractivity contribution in [2.75, 3.05) is 5.32 Å². The van der Waals surface area contributed by atoms with E-state index in [9.17, 15) is 4.79 Å². The molecule has 0 saturated carbocycles. The summed E-state index contributed by atoms with van der Waals surface area (Å²) in [5.41, 5.74) is 2.32. The second-order valence-electron chi connectivity index (χ2n) is 4.04. The van der Waals surface area contributed by atoms with Gasteiger partial charge in [-0.3, -0.25) is 4.79 Å². The Kier molecular flexibility index (Phi) is 4.71. The van der Waals surface area contributed by atoms with E-state index in [2.05, 4.69) is 27.9 Å². The fourth-order valence-electron chi connectivity index (χ4n) is 1.54. The van der Waals surface area contributed by atoms with Gasteiger partial charge in [0.1, 0.15) is 0 Å². The quantitative estimate of drug-likeness (QED) is 0.687. The van der Waals surface area contributed by atoms with Gasteiger partial charge in [0.25, 0.3) is 5.91 Å². The molecule has 0 radical (unpaired) electrons. The molecule has 2 aromatic rings. The van der Waals surface area contributed by atoms with Gasteiger partial charge in [0.05, 0.1) is 10.6 Å². The first kappa shape index (κ1) is 14.6. The van der Waals surface area contributed by atoms with E-state index in [4.69, 9.17) is 23.2 Å². The highest BCUT2D eigenvalue weighted by atomic mass is 127. The first-order valence-corrected chi connectivity index (χ1v) is 7.33. The molecular formula is C14H10Cl2INO. The number of hydrogen-bond donors (Lipinski definition) is 1. The van der Waals surface area contributed by atoms with E-state index < -0.39 is 0 Å². The summed E-state index contributed by atoms with van der Waals surface area (Å²) in [6.07, 6.45) is 0. The zero-order valence-corrected chi connectivity index (χ0v) is 13.7. The summed E-state index contributed by atoms with van der Waals surface area (Å²) in [6.45, 7) is 2.02. The predicted octanol–water partition coefficient (Wildman–Crippen LogP) is 5.16. The van der Waals surface area contributed by atoms with E-state index in [1.807, 2.05) is 25.1 Å². The van der Waals surface area contributed by atoms with Crippen molar-refractivity contribution in [1.82, 2.24) is 0 Å². The summed E-state index contributed by atoms with van der Waals surface area (Å²) in [6, 6.07) is 10.5. The summed E-state index contributed by atoms with van der Waals surface area (Å²) >= 11 is 14.0. The number of amides is 1. The molecule has 0 spiro atoms. The molecule has 2 rings (SSSR count). The molecule has 0 aliphatic carbocycles. The van der Waals surface area contributed by atoms with E-state index in [0.29, 0.717) is 15.6 Å². The third-order valence-corrected chi connectivity index (χ3v) is 4.32. The highest BCUT2D eigenvalue weighted by Gasteiger charge is 2.11. The first-order valence-electron chi connectivity index (χ1n) is 5.50. The van der Waals surface area contributed by atoms with E-state index in [1.54, 1.807) is 18.2 Å². The Bertz CT molecular complexity index is 643. The van der Waals surface area contributed by atoms with Crippen LogP contribution in [0.5, 0.6) is 0 Å². The van der Waals surface area contributed by atoms with Gasteiger partial charge in [-0.15, -0.1) is 0 Å². The molecule has 19 heavy (non-hydrogen) atoms. The zero-order chi connectivity index (χ0) is 14.0. The third kappa shape index (κ3) is 3.61. The van der Waals surface area contributed by atoms with Crippen molar-refractivity contribution >= 4 is 57.4 Å². The maximum Gasteiger partial charge on any atom is 0.257 e. The Morgan fingerprint density at radius 2 is 1.89 bits per heavy atom. The summed E-state index contributed by atoms with van der Waals surface area (Å²) in [7, 11) is 0. The smallest absolute Gasteiger partial charge is 0.257 e. The number of rotatable bonds is 2. The zero-order valence-electron chi connectivity index (χ0n) is 10.0. The Morgan fingerprint density at radius 1 is 1.16 bits per heavy atom. The molecule has 0 unspecified atom stereocenters. The molecule has 0 fully saturated rings. The lowest BCUT2D eigenvalue weighted by molar-refractivity contribution is 0.102. The monoisotopic (exact) mass is 405 g/mol. The lowest BCUT2D eigenvalue weighted by Crippen LogP contribution is -2.12. The highest BCUT2D eigenvalue weighted by Crippen LogP contribution is 2.23. The van der Waals surface area contributed by atoms with Gasteiger partial charge in [0.15, 0.2) is 0 Å². The second kappa shape index (κ2) is 6.11. The minimum absolute atomic E-state index is 0.249. The standard InChI is InChI=1S/C14H10Cl2INO/c1-8-2-4-10(7-13(8)17)18-14(19)11-5-3-9(15)6-12(11)16/h2-7H,1H3,(H,18,19). The molecular weight excluding hydrogens is 396 g/mol. The number of halogens is 3. The minimum Gasteiger partial charge on any atom is -0.322 e. The van der Waals surface area contributed by atoms with E-state index in [1.165, 1.54) is 5.56 Å². The van der Waals surface area contributed by atoms with Crippen molar-refractivity contribution in [2.45, 2.75) is 6.92 Å². The third-order valence-electron chi connectivity index (χ3n) is 2.61. The van der Waals surface area contributed by atoms with Crippen LogP contribution in [0.25, 0.3) is 0 Å². The lowest BCUT2D eigenvalue weighted by atomic mass is 10.2. The molecule has 98 valence electrons. The summed E-state index contributed by atoms with van der Waals surface area (Å²) in [5.74, 6) is -0.249. The molecule has 5 heteroatoms. The second-order valence-corrected chi connectivity index (χ2v) is 6.05. The van der Waals surface area contributed by atoms with Crippen LogP contribution in [0.15, 0.2) is 36.4 Å². The molecule has 0 aliphatic rings. The molecule has 0 bridgehead atoms. The molecule has 0 heterocycles.